The predicted molar refractivity (Wildman–Crippen MR) is 58.7 cm³/mol. The van der Waals surface area contributed by atoms with Crippen molar-refractivity contribution in [3.63, 3.8) is 0 Å². The van der Waals surface area contributed by atoms with E-state index in [0.29, 0.717) is 6.42 Å². The van der Waals surface area contributed by atoms with Crippen LogP contribution in [0.4, 0.5) is 0 Å². The van der Waals surface area contributed by atoms with Crippen LogP contribution in [-0.2, 0) is 11.2 Å². The normalized spacial score (nSPS) is 12.1. The van der Waals surface area contributed by atoms with E-state index in [1.54, 1.807) is 0 Å². The molecule has 0 radical (unpaired) electrons. The van der Waals surface area contributed by atoms with Crippen molar-refractivity contribution in [3.05, 3.63) is 36.0 Å². The Hall–Kier alpha value is -0.810. The third kappa shape index (κ3) is 2.65. The molecule has 16 heavy (non-hydrogen) atoms. The van der Waals surface area contributed by atoms with Gasteiger partial charge >= 0.3 is 35.5 Å². The Morgan fingerprint density at radius 1 is 1.50 bits per heavy atom. The van der Waals surface area contributed by atoms with Gasteiger partial charge < -0.3 is 17.3 Å². The summed E-state index contributed by atoms with van der Waals surface area (Å²) in [5.41, 5.74) is 7.43. The molecule has 1 atom stereocenters. The first-order valence-electron chi connectivity index (χ1n) is 4.72. The van der Waals surface area contributed by atoms with E-state index in [0.717, 1.165) is 16.5 Å². The Morgan fingerprint density at radius 3 is 2.88 bits per heavy atom. The Balaban J connectivity index is 0.00000128. The molecule has 0 bridgehead atoms. The summed E-state index contributed by atoms with van der Waals surface area (Å²) in [6.45, 7) is 0. The van der Waals surface area contributed by atoms with Crippen LogP contribution >= 0.6 is 0 Å². The number of carboxylic acids is 1. The van der Waals surface area contributed by atoms with Crippen LogP contribution in [0.1, 0.15) is 6.99 Å². The predicted octanol–water partition coefficient (Wildman–Crippen LogP) is -1.76. The summed E-state index contributed by atoms with van der Waals surface area (Å²) in [7, 11) is 0. The van der Waals surface area contributed by atoms with Gasteiger partial charge in [0.05, 0.1) is 0 Å². The monoisotopic (exact) mass is 228 g/mol. The van der Waals surface area contributed by atoms with Crippen LogP contribution in [0.2, 0.25) is 0 Å². The molecular weight excluding hydrogens is 215 g/mol. The first-order chi connectivity index (χ1) is 7.18. The van der Waals surface area contributed by atoms with Gasteiger partial charge in [-0.3, -0.25) is 4.79 Å². The summed E-state index contributed by atoms with van der Waals surface area (Å²) in [6, 6.07) is 6.91. The fourth-order valence-corrected chi connectivity index (χ4v) is 1.62. The molecule has 80 valence electrons. The van der Waals surface area contributed by atoms with Gasteiger partial charge in [-0.05, 0) is 11.6 Å². The molecule has 0 aliphatic heterocycles. The summed E-state index contributed by atoms with van der Waals surface area (Å²) >= 11 is 0. The van der Waals surface area contributed by atoms with Gasteiger partial charge in [-0.25, -0.2) is 0 Å². The van der Waals surface area contributed by atoms with E-state index in [4.69, 9.17) is 10.8 Å². The van der Waals surface area contributed by atoms with Crippen molar-refractivity contribution >= 4 is 16.9 Å². The zero-order valence-corrected chi connectivity index (χ0v) is 11.1. The van der Waals surface area contributed by atoms with Crippen molar-refractivity contribution in [1.29, 1.82) is 0 Å². The summed E-state index contributed by atoms with van der Waals surface area (Å²) in [5.74, 6) is -0.972. The molecule has 4 N–H and O–H groups in total. The minimum absolute atomic E-state index is 0. The van der Waals surface area contributed by atoms with Crippen molar-refractivity contribution < 1.29 is 40.9 Å². The quantitative estimate of drug-likeness (QED) is 0.544. The number of nitrogens with one attached hydrogen (secondary N) is 1. The fraction of sp³-hybridized carbons (Fsp3) is 0.182. The molecule has 0 aliphatic carbocycles. The summed E-state index contributed by atoms with van der Waals surface area (Å²) in [6.07, 6.45) is 2.16. The third-order valence-corrected chi connectivity index (χ3v) is 2.43. The first kappa shape index (κ1) is 13.3. The second-order valence-electron chi connectivity index (χ2n) is 3.51. The van der Waals surface area contributed by atoms with Crippen molar-refractivity contribution in [2.75, 3.05) is 0 Å². The van der Waals surface area contributed by atoms with E-state index in [-0.39, 0.29) is 31.0 Å². The van der Waals surface area contributed by atoms with E-state index in [1.807, 2.05) is 30.5 Å². The molecule has 0 saturated heterocycles. The van der Waals surface area contributed by atoms with Gasteiger partial charge in [-0.2, -0.15) is 0 Å². The van der Waals surface area contributed by atoms with Crippen LogP contribution < -0.4 is 35.3 Å². The molecule has 1 aromatic heterocycles. The fourth-order valence-electron chi connectivity index (χ4n) is 1.62. The van der Waals surface area contributed by atoms with E-state index in [2.05, 4.69) is 4.98 Å². The summed E-state index contributed by atoms with van der Waals surface area (Å²) in [5, 5.41) is 9.75. The number of aromatic amines is 1. The second-order valence-corrected chi connectivity index (χ2v) is 3.51. The third-order valence-electron chi connectivity index (χ3n) is 2.43. The topological polar surface area (TPSA) is 79.1 Å². The zero-order chi connectivity index (χ0) is 10.8. The molecule has 0 fully saturated rings. The molecule has 0 saturated carbocycles. The van der Waals surface area contributed by atoms with Crippen LogP contribution in [0.15, 0.2) is 30.5 Å². The molecule has 2 rings (SSSR count). The first-order valence-corrected chi connectivity index (χ1v) is 4.72. The van der Waals surface area contributed by atoms with Crippen molar-refractivity contribution in [1.82, 2.24) is 4.98 Å². The van der Waals surface area contributed by atoms with Gasteiger partial charge in [0.1, 0.15) is 6.04 Å². The number of rotatable bonds is 3. The smallest absolute Gasteiger partial charge is 1.00 e. The Kier molecular flexibility index (Phi) is 4.56. The number of hydrogen-bond acceptors (Lipinski definition) is 2. The number of aliphatic carboxylic acids is 1. The molecule has 1 aromatic carbocycles. The number of carbonyl (C=O) groups is 1. The minimum Gasteiger partial charge on any atom is -1.00 e. The summed E-state index contributed by atoms with van der Waals surface area (Å²) in [4.78, 5) is 13.7. The number of benzene rings is 1. The van der Waals surface area contributed by atoms with Gasteiger partial charge in [-0.1, -0.05) is 18.2 Å². The second kappa shape index (κ2) is 5.50. The molecule has 5 heteroatoms. The van der Waals surface area contributed by atoms with E-state index in [1.165, 1.54) is 0 Å². The number of H-pyrrole nitrogens is 1. The standard InChI is InChI=1S/C11H12N2O2.Na.H/c12-9(11(14)15)5-7-6-13-10-4-2-1-3-8(7)10;;/h1-4,6,9,13H,5,12H2,(H,14,15);;/q;+1;-1. The maximum Gasteiger partial charge on any atom is 1.00 e. The maximum absolute atomic E-state index is 10.6. The van der Waals surface area contributed by atoms with Crippen LogP contribution in [0.25, 0.3) is 10.9 Å². The SMILES string of the molecule is NC(Cc1c[nH]c2ccccc12)C(=O)O.[H-].[Na+]. The molecular formula is C11H13N2NaO2. The number of carboxylic acid groups (broad SMARTS) is 1. The zero-order valence-electron chi connectivity index (χ0n) is 10.1. The van der Waals surface area contributed by atoms with Gasteiger partial charge in [0, 0.05) is 23.5 Å². The maximum atomic E-state index is 10.6. The van der Waals surface area contributed by atoms with Crippen molar-refractivity contribution in [2.45, 2.75) is 12.5 Å². The van der Waals surface area contributed by atoms with E-state index >= 15 is 0 Å². The van der Waals surface area contributed by atoms with Crippen LogP contribution in [-0.4, -0.2) is 22.1 Å². The Labute approximate surface area is 117 Å². The summed E-state index contributed by atoms with van der Waals surface area (Å²) < 4.78 is 0. The van der Waals surface area contributed by atoms with Gasteiger partial charge in [0.2, 0.25) is 0 Å². The molecule has 4 nitrogen and oxygen atoms in total. The molecule has 1 heterocycles. The molecule has 0 amide bonds. The van der Waals surface area contributed by atoms with E-state index < -0.39 is 12.0 Å². The number of aromatic nitrogens is 1. The number of nitrogens with two attached hydrogens (primary N) is 1. The van der Waals surface area contributed by atoms with Crippen molar-refractivity contribution in [3.8, 4) is 0 Å². The molecule has 2 aromatic rings. The van der Waals surface area contributed by atoms with Crippen LogP contribution in [0, 0.1) is 0 Å². The number of fused-ring (bicyclic) bond motifs is 1. The van der Waals surface area contributed by atoms with Crippen LogP contribution in [0.5, 0.6) is 0 Å². The van der Waals surface area contributed by atoms with Gasteiger partial charge in [0.15, 0.2) is 0 Å². The van der Waals surface area contributed by atoms with Crippen LogP contribution in [0.3, 0.4) is 0 Å². The van der Waals surface area contributed by atoms with E-state index in [9.17, 15) is 4.79 Å². The largest absolute Gasteiger partial charge is 1.00 e. The number of hydrogen-bond donors (Lipinski definition) is 3. The Morgan fingerprint density at radius 2 is 2.19 bits per heavy atom. The average molecular weight is 228 g/mol. The molecule has 1 unspecified atom stereocenters. The molecule has 0 aliphatic rings. The number of para-hydroxylation sites is 1. The van der Waals surface area contributed by atoms with Crippen molar-refractivity contribution in [2.24, 2.45) is 5.73 Å². The molecule has 0 spiro atoms. The Bertz CT molecular complexity index is 501. The van der Waals surface area contributed by atoms with Gasteiger partial charge in [-0.15, -0.1) is 0 Å². The van der Waals surface area contributed by atoms with Gasteiger partial charge in [0.25, 0.3) is 0 Å². The average Bonchev–Trinajstić information content (AvgIpc) is 2.62. The minimum atomic E-state index is -0.972.